The molecule has 1 aliphatic rings. The number of hydrogen-bond acceptors (Lipinski definition) is 4. The number of nitrogens with zero attached hydrogens (tertiary/aromatic N) is 2. The second-order valence-electron chi connectivity index (χ2n) is 7.65. The van der Waals surface area contributed by atoms with Gasteiger partial charge in [-0.3, -0.25) is 14.5 Å². The van der Waals surface area contributed by atoms with E-state index in [0.29, 0.717) is 55.7 Å². The summed E-state index contributed by atoms with van der Waals surface area (Å²) < 4.78 is 5.94. The molecule has 3 rings (SSSR count). The lowest BCUT2D eigenvalue weighted by Gasteiger charge is -2.34. The second kappa shape index (κ2) is 11.7. The van der Waals surface area contributed by atoms with Crippen LogP contribution in [0.25, 0.3) is 0 Å². The number of carbonyl (C=O) groups excluding carboxylic acids is 2. The lowest BCUT2D eigenvalue weighted by atomic mass is 10.1. The predicted molar refractivity (Wildman–Crippen MR) is 122 cm³/mol. The van der Waals surface area contributed by atoms with E-state index < -0.39 is 0 Å². The minimum atomic E-state index is -0.0539. The number of amides is 2. The zero-order valence-electron chi connectivity index (χ0n) is 18.0. The summed E-state index contributed by atoms with van der Waals surface area (Å²) in [5, 5.41) is 3.58. The van der Waals surface area contributed by atoms with Crippen LogP contribution in [-0.2, 0) is 11.4 Å². The molecule has 1 heterocycles. The minimum Gasteiger partial charge on any atom is -0.488 e. The lowest BCUT2D eigenvalue weighted by molar-refractivity contribution is -0.122. The van der Waals surface area contributed by atoms with Gasteiger partial charge in [-0.25, -0.2) is 0 Å². The highest BCUT2D eigenvalue weighted by Crippen LogP contribution is 2.23. The van der Waals surface area contributed by atoms with Gasteiger partial charge in [0.05, 0.1) is 12.1 Å². The van der Waals surface area contributed by atoms with E-state index in [0.717, 1.165) is 24.9 Å². The Bertz CT molecular complexity index is 882. The third-order valence-corrected chi connectivity index (χ3v) is 5.71. The van der Waals surface area contributed by atoms with Gasteiger partial charge in [-0.15, -0.1) is 0 Å². The zero-order chi connectivity index (χ0) is 22.1. The molecule has 7 heteroatoms. The van der Waals surface area contributed by atoms with E-state index in [1.165, 1.54) is 0 Å². The third kappa shape index (κ3) is 6.71. The molecule has 166 valence electrons. The molecule has 1 fully saturated rings. The van der Waals surface area contributed by atoms with Gasteiger partial charge in [-0.05, 0) is 24.6 Å². The molecule has 0 saturated carbocycles. The maximum absolute atomic E-state index is 13.1. The number of para-hydroxylation sites is 1. The summed E-state index contributed by atoms with van der Waals surface area (Å²) in [5.74, 6) is 0.540. The van der Waals surface area contributed by atoms with Crippen molar-refractivity contribution in [1.29, 1.82) is 0 Å². The second-order valence-corrected chi connectivity index (χ2v) is 8.06. The fourth-order valence-electron chi connectivity index (χ4n) is 3.48. The Morgan fingerprint density at radius 1 is 1.03 bits per heavy atom. The van der Waals surface area contributed by atoms with Gasteiger partial charge in [0.1, 0.15) is 12.4 Å². The molecule has 0 spiro atoms. The summed E-state index contributed by atoms with van der Waals surface area (Å²) in [6.07, 6.45) is 2.05. The van der Waals surface area contributed by atoms with Crippen molar-refractivity contribution in [2.45, 2.75) is 26.4 Å². The highest BCUT2D eigenvalue weighted by atomic mass is 35.5. The number of carbonyl (C=O) groups is 2. The zero-order valence-corrected chi connectivity index (χ0v) is 18.7. The van der Waals surface area contributed by atoms with Crippen LogP contribution in [-0.4, -0.2) is 60.9 Å². The third-order valence-electron chi connectivity index (χ3n) is 5.34. The summed E-state index contributed by atoms with van der Waals surface area (Å²) in [6, 6.07) is 14.8. The van der Waals surface area contributed by atoms with Crippen molar-refractivity contribution in [2.75, 3.05) is 39.3 Å². The Labute approximate surface area is 189 Å². The van der Waals surface area contributed by atoms with Crippen LogP contribution in [0.1, 0.15) is 35.7 Å². The van der Waals surface area contributed by atoms with E-state index in [-0.39, 0.29) is 11.8 Å². The van der Waals surface area contributed by atoms with Gasteiger partial charge < -0.3 is 15.0 Å². The van der Waals surface area contributed by atoms with Crippen molar-refractivity contribution >= 4 is 23.4 Å². The SMILES string of the molecule is CCCCNC(=O)CN1CCN(C(=O)c2ccccc2OCc2ccccc2Cl)CC1. The number of rotatable bonds is 9. The van der Waals surface area contributed by atoms with Crippen molar-refractivity contribution in [3.63, 3.8) is 0 Å². The molecule has 2 aromatic carbocycles. The van der Waals surface area contributed by atoms with Gasteiger partial charge >= 0.3 is 0 Å². The van der Waals surface area contributed by atoms with Crippen molar-refractivity contribution in [1.82, 2.24) is 15.1 Å². The smallest absolute Gasteiger partial charge is 0.257 e. The standard InChI is InChI=1S/C24H30ClN3O3/c1-2-3-12-26-23(29)17-27-13-15-28(16-14-27)24(30)20-9-5-7-11-22(20)31-18-19-8-4-6-10-21(19)25/h4-11H,2-3,12-18H2,1H3,(H,26,29). The maximum atomic E-state index is 13.1. The van der Waals surface area contributed by atoms with Crippen LogP contribution >= 0.6 is 11.6 Å². The first-order valence-corrected chi connectivity index (χ1v) is 11.2. The monoisotopic (exact) mass is 443 g/mol. The largest absolute Gasteiger partial charge is 0.488 e. The molecule has 0 aliphatic carbocycles. The van der Waals surface area contributed by atoms with E-state index in [1.807, 2.05) is 41.3 Å². The maximum Gasteiger partial charge on any atom is 0.257 e. The molecule has 2 aromatic rings. The van der Waals surface area contributed by atoms with Crippen LogP contribution in [0, 0.1) is 0 Å². The highest BCUT2D eigenvalue weighted by molar-refractivity contribution is 6.31. The molecule has 1 saturated heterocycles. The van der Waals surface area contributed by atoms with Crippen LogP contribution in [0.2, 0.25) is 5.02 Å². The lowest BCUT2D eigenvalue weighted by Crippen LogP contribution is -2.51. The molecule has 1 aliphatic heterocycles. The fourth-order valence-corrected chi connectivity index (χ4v) is 3.67. The molecule has 0 radical (unpaired) electrons. The molecular weight excluding hydrogens is 414 g/mol. The van der Waals surface area contributed by atoms with E-state index >= 15 is 0 Å². The predicted octanol–water partition coefficient (Wildman–Crippen LogP) is 3.59. The highest BCUT2D eigenvalue weighted by Gasteiger charge is 2.25. The van der Waals surface area contributed by atoms with Gasteiger partial charge in [0.25, 0.3) is 5.91 Å². The molecule has 0 unspecified atom stereocenters. The molecule has 6 nitrogen and oxygen atoms in total. The first kappa shape index (κ1) is 23.1. The number of unbranched alkanes of at least 4 members (excludes halogenated alkanes) is 1. The van der Waals surface area contributed by atoms with Gasteiger partial charge in [0.15, 0.2) is 0 Å². The number of piperazine rings is 1. The topological polar surface area (TPSA) is 61.9 Å². The van der Waals surface area contributed by atoms with E-state index in [2.05, 4.69) is 17.1 Å². The Morgan fingerprint density at radius 2 is 1.74 bits per heavy atom. The van der Waals surface area contributed by atoms with Crippen LogP contribution in [0.15, 0.2) is 48.5 Å². The average molecular weight is 444 g/mol. The van der Waals surface area contributed by atoms with Crippen LogP contribution in [0.4, 0.5) is 0 Å². The molecule has 1 N–H and O–H groups in total. The van der Waals surface area contributed by atoms with Crippen molar-refractivity contribution in [2.24, 2.45) is 0 Å². The first-order chi connectivity index (χ1) is 15.1. The summed E-state index contributed by atoms with van der Waals surface area (Å²) >= 11 is 6.21. The normalized spacial score (nSPS) is 14.3. The Balaban J connectivity index is 1.54. The van der Waals surface area contributed by atoms with E-state index in [1.54, 1.807) is 12.1 Å². The Kier molecular flexibility index (Phi) is 8.74. The van der Waals surface area contributed by atoms with Gasteiger partial charge in [-0.1, -0.05) is 55.3 Å². The Hall–Kier alpha value is -2.57. The van der Waals surface area contributed by atoms with Gasteiger partial charge in [0.2, 0.25) is 5.91 Å². The van der Waals surface area contributed by atoms with Crippen LogP contribution in [0.3, 0.4) is 0 Å². The molecule has 0 atom stereocenters. The first-order valence-electron chi connectivity index (χ1n) is 10.8. The molecule has 0 bridgehead atoms. The average Bonchev–Trinajstić information content (AvgIpc) is 2.79. The number of halogens is 1. The van der Waals surface area contributed by atoms with E-state index in [4.69, 9.17) is 16.3 Å². The summed E-state index contributed by atoms with van der Waals surface area (Å²) in [6.45, 7) is 6.01. The van der Waals surface area contributed by atoms with Crippen molar-refractivity contribution < 1.29 is 14.3 Å². The van der Waals surface area contributed by atoms with Crippen LogP contribution < -0.4 is 10.1 Å². The van der Waals surface area contributed by atoms with E-state index in [9.17, 15) is 9.59 Å². The number of benzene rings is 2. The van der Waals surface area contributed by atoms with Crippen molar-refractivity contribution in [3.8, 4) is 5.75 Å². The minimum absolute atomic E-state index is 0.0477. The molecule has 2 amide bonds. The Morgan fingerprint density at radius 3 is 2.48 bits per heavy atom. The van der Waals surface area contributed by atoms with Crippen molar-refractivity contribution in [3.05, 3.63) is 64.7 Å². The number of nitrogens with one attached hydrogen (secondary N) is 1. The van der Waals surface area contributed by atoms with Gasteiger partial charge in [-0.2, -0.15) is 0 Å². The number of hydrogen-bond donors (Lipinski definition) is 1. The molecule has 31 heavy (non-hydrogen) atoms. The summed E-state index contributed by atoms with van der Waals surface area (Å²) in [5.41, 5.74) is 1.41. The summed E-state index contributed by atoms with van der Waals surface area (Å²) in [4.78, 5) is 29.1. The number of ether oxygens (including phenoxy) is 1. The summed E-state index contributed by atoms with van der Waals surface area (Å²) in [7, 11) is 0. The van der Waals surface area contributed by atoms with Crippen LogP contribution in [0.5, 0.6) is 5.75 Å². The van der Waals surface area contributed by atoms with Gasteiger partial charge in [0, 0.05) is 43.3 Å². The fraction of sp³-hybridized carbons (Fsp3) is 0.417. The quantitative estimate of drug-likeness (QED) is 0.601. The molecular formula is C24H30ClN3O3. The molecule has 0 aromatic heterocycles.